The summed E-state index contributed by atoms with van der Waals surface area (Å²) in [7, 11) is 0. The second kappa shape index (κ2) is 9.64. The molecule has 8 heteroatoms. The Morgan fingerprint density at radius 2 is 2.00 bits per heavy atom. The average Bonchev–Trinajstić information content (AvgIpc) is 3.42. The molecule has 2 aromatic carbocycles. The molecule has 3 aromatic rings. The fourth-order valence-corrected chi connectivity index (χ4v) is 4.61. The number of anilines is 1. The second-order valence-corrected chi connectivity index (χ2v) is 8.33. The molecule has 2 heterocycles. The van der Waals surface area contributed by atoms with Crippen molar-refractivity contribution in [2.75, 3.05) is 31.3 Å². The van der Waals surface area contributed by atoms with Gasteiger partial charge in [-0.25, -0.2) is 4.98 Å². The summed E-state index contributed by atoms with van der Waals surface area (Å²) in [5.74, 6) is 1.20. The van der Waals surface area contributed by atoms with Gasteiger partial charge in [-0.1, -0.05) is 29.0 Å². The van der Waals surface area contributed by atoms with E-state index in [1.54, 1.807) is 23.1 Å². The monoisotopic (exact) mass is 446 g/mol. The van der Waals surface area contributed by atoms with Crippen molar-refractivity contribution in [2.45, 2.75) is 25.9 Å². The van der Waals surface area contributed by atoms with Crippen LogP contribution in [-0.2, 0) is 9.53 Å². The first kappa shape index (κ1) is 20.9. The van der Waals surface area contributed by atoms with Crippen LogP contribution in [0.15, 0.2) is 42.5 Å². The molecule has 0 bridgehead atoms. The molecule has 1 atom stereocenters. The van der Waals surface area contributed by atoms with Gasteiger partial charge in [0.1, 0.15) is 17.0 Å². The zero-order chi connectivity index (χ0) is 20.9. The maximum atomic E-state index is 13.1. The molecule has 1 fully saturated rings. The van der Waals surface area contributed by atoms with Crippen molar-refractivity contribution >= 4 is 44.2 Å². The molecule has 0 radical (unpaired) electrons. The fourth-order valence-electron chi connectivity index (χ4n) is 3.32. The minimum Gasteiger partial charge on any atom is -0.494 e. The standard InChI is InChI=1S/C22H23ClN2O4S/c1-2-27-15-8-10-16(11-9-15)29-14-20(26)25(13-17-5-4-12-28-17)22-24-21-18(23)6-3-7-19(21)30-22/h3,6-11,17H,2,4-5,12-14H2,1H3. The van der Waals surface area contributed by atoms with Crippen molar-refractivity contribution in [2.24, 2.45) is 0 Å². The van der Waals surface area contributed by atoms with E-state index in [9.17, 15) is 4.79 Å². The molecule has 1 aliphatic heterocycles. The third kappa shape index (κ3) is 4.86. The molecule has 0 saturated carbocycles. The van der Waals surface area contributed by atoms with Crippen LogP contribution in [0.4, 0.5) is 5.13 Å². The van der Waals surface area contributed by atoms with Crippen LogP contribution in [0.1, 0.15) is 19.8 Å². The van der Waals surface area contributed by atoms with Crippen LogP contribution in [0.3, 0.4) is 0 Å². The van der Waals surface area contributed by atoms with Crippen molar-refractivity contribution in [3.63, 3.8) is 0 Å². The van der Waals surface area contributed by atoms with Crippen LogP contribution < -0.4 is 14.4 Å². The summed E-state index contributed by atoms with van der Waals surface area (Å²) in [6.45, 7) is 3.61. The molecule has 158 valence electrons. The lowest BCUT2D eigenvalue weighted by Gasteiger charge is -2.23. The molecule has 0 N–H and O–H groups in total. The maximum absolute atomic E-state index is 13.1. The van der Waals surface area contributed by atoms with Crippen molar-refractivity contribution in [3.05, 3.63) is 47.5 Å². The molecule has 0 aliphatic carbocycles. The fraction of sp³-hybridized carbons (Fsp3) is 0.364. The van der Waals surface area contributed by atoms with Crippen molar-refractivity contribution < 1.29 is 19.0 Å². The number of carbonyl (C=O) groups excluding carboxylic acids is 1. The smallest absolute Gasteiger partial charge is 0.266 e. The first-order valence-electron chi connectivity index (χ1n) is 9.96. The number of halogens is 1. The van der Waals surface area contributed by atoms with E-state index in [2.05, 4.69) is 4.98 Å². The van der Waals surface area contributed by atoms with E-state index in [1.807, 2.05) is 31.2 Å². The van der Waals surface area contributed by atoms with Crippen LogP contribution in [0.25, 0.3) is 10.2 Å². The van der Waals surface area contributed by atoms with E-state index in [0.717, 1.165) is 29.9 Å². The SMILES string of the molecule is CCOc1ccc(OCC(=O)N(CC2CCCO2)c2nc3c(Cl)cccc3s2)cc1. The first-order valence-corrected chi connectivity index (χ1v) is 11.2. The van der Waals surface area contributed by atoms with Crippen LogP contribution in [0, 0.1) is 0 Å². The molecule has 1 unspecified atom stereocenters. The topological polar surface area (TPSA) is 60.9 Å². The summed E-state index contributed by atoms with van der Waals surface area (Å²) < 4.78 is 17.9. The Bertz CT molecular complexity index is 1000. The molecule has 4 rings (SSSR count). The number of fused-ring (bicyclic) bond motifs is 1. The second-order valence-electron chi connectivity index (χ2n) is 6.92. The van der Waals surface area contributed by atoms with E-state index in [0.29, 0.717) is 34.6 Å². The Morgan fingerprint density at radius 1 is 1.23 bits per heavy atom. The van der Waals surface area contributed by atoms with E-state index in [1.165, 1.54) is 11.3 Å². The van der Waals surface area contributed by atoms with Gasteiger partial charge >= 0.3 is 0 Å². The highest BCUT2D eigenvalue weighted by Gasteiger charge is 2.26. The number of amides is 1. The molecule has 1 aliphatic rings. The van der Waals surface area contributed by atoms with Gasteiger partial charge in [0.2, 0.25) is 0 Å². The number of para-hydroxylation sites is 1. The van der Waals surface area contributed by atoms with Crippen molar-refractivity contribution in [1.29, 1.82) is 0 Å². The average molecular weight is 447 g/mol. The highest BCUT2D eigenvalue weighted by Crippen LogP contribution is 2.33. The van der Waals surface area contributed by atoms with Crippen LogP contribution in [0.5, 0.6) is 11.5 Å². The molecule has 6 nitrogen and oxygen atoms in total. The highest BCUT2D eigenvalue weighted by molar-refractivity contribution is 7.22. The maximum Gasteiger partial charge on any atom is 0.266 e. The quantitative estimate of drug-likeness (QED) is 0.490. The Balaban J connectivity index is 1.50. The zero-order valence-corrected chi connectivity index (χ0v) is 18.2. The van der Waals surface area contributed by atoms with Gasteiger partial charge in [0.15, 0.2) is 11.7 Å². The lowest BCUT2D eigenvalue weighted by atomic mass is 10.2. The molecule has 1 aromatic heterocycles. The number of benzene rings is 2. The number of hydrogen-bond donors (Lipinski definition) is 0. The molecular weight excluding hydrogens is 424 g/mol. The summed E-state index contributed by atoms with van der Waals surface area (Å²) >= 11 is 7.72. The predicted molar refractivity (Wildman–Crippen MR) is 119 cm³/mol. The number of nitrogens with zero attached hydrogens (tertiary/aromatic N) is 2. The molecule has 1 amide bonds. The van der Waals surface area contributed by atoms with Crippen LogP contribution >= 0.6 is 22.9 Å². The summed E-state index contributed by atoms with van der Waals surface area (Å²) in [5.41, 5.74) is 0.705. The third-order valence-electron chi connectivity index (χ3n) is 4.80. The highest BCUT2D eigenvalue weighted by atomic mass is 35.5. The minimum atomic E-state index is -0.172. The zero-order valence-electron chi connectivity index (χ0n) is 16.7. The Hall–Kier alpha value is -2.35. The van der Waals surface area contributed by atoms with Gasteiger partial charge in [0, 0.05) is 6.61 Å². The Kier molecular flexibility index (Phi) is 6.72. The lowest BCUT2D eigenvalue weighted by Crippen LogP contribution is -2.40. The Morgan fingerprint density at radius 3 is 2.67 bits per heavy atom. The predicted octanol–water partition coefficient (Wildman–Crippen LogP) is 4.94. The molecule has 0 spiro atoms. The van der Waals surface area contributed by atoms with Gasteiger partial charge in [-0.15, -0.1) is 0 Å². The Labute approximate surface area is 184 Å². The number of ether oxygens (including phenoxy) is 3. The van der Waals surface area contributed by atoms with E-state index in [-0.39, 0.29) is 18.6 Å². The largest absolute Gasteiger partial charge is 0.494 e. The van der Waals surface area contributed by atoms with Crippen LogP contribution in [0.2, 0.25) is 5.02 Å². The molecule has 30 heavy (non-hydrogen) atoms. The minimum absolute atomic E-state index is 0.00177. The van der Waals surface area contributed by atoms with Gasteiger partial charge in [-0.2, -0.15) is 0 Å². The number of hydrogen-bond acceptors (Lipinski definition) is 6. The van der Waals surface area contributed by atoms with Crippen LogP contribution in [-0.4, -0.2) is 43.4 Å². The molecule has 1 saturated heterocycles. The van der Waals surface area contributed by atoms with Gasteiger partial charge < -0.3 is 14.2 Å². The third-order valence-corrected chi connectivity index (χ3v) is 6.15. The van der Waals surface area contributed by atoms with E-state index < -0.39 is 0 Å². The van der Waals surface area contributed by atoms with Gasteiger partial charge in [-0.05, 0) is 56.2 Å². The van der Waals surface area contributed by atoms with Gasteiger partial charge in [-0.3, -0.25) is 9.69 Å². The van der Waals surface area contributed by atoms with Gasteiger partial charge in [0.25, 0.3) is 5.91 Å². The lowest BCUT2D eigenvalue weighted by molar-refractivity contribution is -0.120. The summed E-state index contributed by atoms with van der Waals surface area (Å²) in [4.78, 5) is 19.4. The number of carbonyl (C=O) groups is 1. The summed E-state index contributed by atoms with van der Waals surface area (Å²) in [5, 5.41) is 1.18. The van der Waals surface area contributed by atoms with Gasteiger partial charge in [0.05, 0.1) is 29.0 Å². The van der Waals surface area contributed by atoms with E-state index >= 15 is 0 Å². The molecular formula is C22H23ClN2O4S. The number of aromatic nitrogens is 1. The van der Waals surface area contributed by atoms with Crippen molar-refractivity contribution in [3.8, 4) is 11.5 Å². The first-order chi connectivity index (χ1) is 14.6. The summed E-state index contributed by atoms with van der Waals surface area (Å²) in [6, 6.07) is 12.9. The van der Waals surface area contributed by atoms with E-state index in [4.69, 9.17) is 25.8 Å². The normalized spacial score (nSPS) is 16.0. The summed E-state index contributed by atoms with van der Waals surface area (Å²) in [6.07, 6.45) is 1.93. The number of rotatable bonds is 8. The number of thiazole rings is 1. The van der Waals surface area contributed by atoms with Crippen molar-refractivity contribution in [1.82, 2.24) is 4.98 Å².